The molecule has 0 heterocycles. The molecule has 0 aliphatic rings. The van der Waals surface area contributed by atoms with Gasteiger partial charge in [-0.15, -0.1) is 0 Å². The van der Waals surface area contributed by atoms with E-state index in [9.17, 15) is 4.79 Å². The second kappa shape index (κ2) is 6.14. The molecule has 0 saturated carbocycles. The average Bonchev–Trinajstić information content (AvgIpc) is 1.85. The van der Waals surface area contributed by atoms with Gasteiger partial charge in [0.25, 0.3) is 0 Å². The van der Waals surface area contributed by atoms with Crippen LogP contribution in [0.4, 0.5) is 0 Å². The van der Waals surface area contributed by atoms with Crippen LogP contribution in [0.25, 0.3) is 0 Å². The number of ether oxygens (including phenoxy) is 1. The molecule has 0 saturated heterocycles. The molecule has 0 aromatic rings. The van der Waals surface area contributed by atoms with Crippen molar-refractivity contribution in [1.82, 2.24) is 0 Å². The first-order valence-electron chi connectivity index (χ1n) is 3.26. The Kier molecular flexibility index (Phi) is 6.15. The van der Waals surface area contributed by atoms with Crippen LogP contribution in [0, 0.1) is 0 Å². The monoisotopic (exact) mass is 191 g/mol. The first kappa shape index (κ1) is 9.01. The predicted molar refractivity (Wildman–Crippen MR) is 39.2 cm³/mol. The van der Waals surface area contributed by atoms with Crippen LogP contribution in [-0.2, 0) is 9.53 Å². The van der Waals surface area contributed by atoms with Crippen LogP contribution < -0.4 is 0 Å². The van der Waals surface area contributed by atoms with E-state index in [0.717, 1.165) is 11.7 Å². The Morgan fingerprint density at radius 3 is 2.78 bits per heavy atom. The summed E-state index contributed by atoms with van der Waals surface area (Å²) in [5, 5.41) is 1.00. The summed E-state index contributed by atoms with van der Waals surface area (Å²) in [5.41, 5.74) is 0. The molecule has 0 amide bonds. The number of hydrogen-bond acceptors (Lipinski definition) is 2. The summed E-state index contributed by atoms with van der Waals surface area (Å²) in [6.45, 7) is 2.58. The first-order valence-corrected chi connectivity index (χ1v) is 5.36. The van der Waals surface area contributed by atoms with Crippen LogP contribution in [0.15, 0.2) is 0 Å². The maximum atomic E-state index is 10.6. The number of esters is 1. The molecular weight excluding hydrogens is 177 g/mol. The van der Waals surface area contributed by atoms with Crippen LogP contribution in [0.2, 0.25) is 5.25 Å². The standard InChI is InChI=1S/C6H13GeO2/c1-2-5-9-6(8)3-4-7/h2-5,7H2,1H3. The van der Waals surface area contributed by atoms with E-state index in [1.54, 1.807) is 0 Å². The third-order valence-corrected chi connectivity index (χ3v) is 1.59. The molecule has 0 aliphatic carbocycles. The zero-order chi connectivity index (χ0) is 7.11. The van der Waals surface area contributed by atoms with Crippen molar-refractivity contribution in [3.05, 3.63) is 0 Å². The summed E-state index contributed by atoms with van der Waals surface area (Å²) in [7, 11) is 0. The van der Waals surface area contributed by atoms with Gasteiger partial charge in [-0.3, -0.25) is 0 Å². The van der Waals surface area contributed by atoms with E-state index in [-0.39, 0.29) is 5.97 Å². The quantitative estimate of drug-likeness (QED) is 0.473. The van der Waals surface area contributed by atoms with Crippen LogP contribution in [0.1, 0.15) is 19.8 Å². The predicted octanol–water partition coefficient (Wildman–Crippen LogP) is 0.381. The van der Waals surface area contributed by atoms with Crippen LogP contribution in [0.5, 0.6) is 0 Å². The molecular formula is C6H13GeO2. The second-order valence-corrected chi connectivity index (χ2v) is 3.31. The second-order valence-electron chi connectivity index (χ2n) is 1.82. The fraction of sp³-hybridized carbons (Fsp3) is 0.833. The average molecular weight is 190 g/mol. The van der Waals surface area contributed by atoms with Gasteiger partial charge in [0.2, 0.25) is 0 Å². The van der Waals surface area contributed by atoms with Gasteiger partial charge >= 0.3 is 63.6 Å². The maximum absolute atomic E-state index is 10.6. The molecule has 0 atom stereocenters. The van der Waals surface area contributed by atoms with E-state index < -0.39 is 0 Å². The van der Waals surface area contributed by atoms with Gasteiger partial charge < -0.3 is 0 Å². The van der Waals surface area contributed by atoms with Gasteiger partial charge in [-0.05, 0) is 0 Å². The molecule has 0 fully saturated rings. The van der Waals surface area contributed by atoms with E-state index in [4.69, 9.17) is 4.74 Å². The summed E-state index contributed by atoms with van der Waals surface area (Å²) in [6.07, 6.45) is 1.53. The Labute approximate surface area is 64.2 Å². The Morgan fingerprint density at radius 2 is 2.33 bits per heavy atom. The van der Waals surface area contributed by atoms with Crippen molar-refractivity contribution in [2.45, 2.75) is 25.0 Å². The van der Waals surface area contributed by atoms with Crippen molar-refractivity contribution in [2.75, 3.05) is 6.61 Å². The topological polar surface area (TPSA) is 26.3 Å². The van der Waals surface area contributed by atoms with Crippen molar-refractivity contribution >= 4 is 22.5 Å². The van der Waals surface area contributed by atoms with Gasteiger partial charge in [0.15, 0.2) is 0 Å². The molecule has 0 aliphatic heterocycles. The van der Waals surface area contributed by atoms with Gasteiger partial charge in [-0.25, -0.2) is 0 Å². The molecule has 0 unspecified atom stereocenters. The third-order valence-electron chi connectivity index (χ3n) is 0.848. The minimum absolute atomic E-state index is 0.0388. The van der Waals surface area contributed by atoms with E-state index in [0.29, 0.717) is 13.0 Å². The Balaban J connectivity index is 3.06. The van der Waals surface area contributed by atoms with Crippen molar-refractivity contribution < 1.29 is 9.53 Å². The fourth-order valence-electron chi connectivity index (χ4n) is 0.432. The van der Waals surface area contributed by atoms with E-state index in [2.05, 4.69) is 0 Å². The Hall–Kier alpha value is 0.0129. The molecule has 3 heteroatoms. The fourth-order valence-corrected chi connectivity index (χ4v) is 1.04. The van der Waals surface area contributed by atoms with Gasteiger partial charge in [0.1, 0.15) is 0 Å². The Bertz CT molecular complexity index is 83.1. The molecule has 0 bridgehead atoms. The molecule has 0 aromatic carbocycles. The molecule has 0 spiro atoms. The third kappa shape index (κ3) is 5.89. The van der Waals surface area contributed by atoms with Gasteiger partial charge in [-0.1, -0.05) is 0 Å². The van der Waals surface area contributed by atoms with Crippen LogP contribution in [0.3, 0.4) is 0 Å². The first-order chi connectivity index (χ1) is 4.31. The van der Waals surface area contributed by atoms with E-state index in [1.807, 2.05) is 6.92 Å². The van der Waals surface area contributed by atoms with Crippen molar-refractivity contribution in [1.29, 1.82) is 0 Å². The molecule has 0 aromatic heterocycles. The summed E-state index contributed by atoms with van der Waals surface area (Å²) in [6, 6.07) is 0. The molecule has 0 N–H and O–H groups in total. The number of rotatable bonds is 4. The van der Waals surface area contributed by atoms with Crippen LogP contribution in [-0.4, -0.2) is 29.1 Å². The van der Waals surface area contributed by atoms with Crippen molar-refractivity contribution in [3.63, 3.8) is 0 Å². The number of carbonyl (C=O) groups is 1. The molecule has 2 nitrogen and oxygen atoms in total. The zero-order valence-electron chi connectivity index (χ0n) is 5.85. The van der Waals surface area contributed by atoms with Gasteiger partial charge in [0.05, 0.1) is 0 Å². The normalized spacial score (nSPS) is 9.11. The van der Waals surface area contributed by atoms with Crippen molar-refractivity contribution in [2.24, 2.45) is 0 Å². The van der Waals surface area contributed by atoms with Crippen LogP contribution >= 0.6 is 0 Å². The zero-order valence-corrected chi connectivity index (χ0v) is 8.82. The van der Waals surface area contributed by atoms with E-state index >= 15 is 0 Å². The summed E-state index contributed by atoms with van der Waals surface area (Å²) < 4.78 is 4.81. The van der Waals surface area contributed by atoms with Crippen molar-refractivity contribution in [3.8, 4) is 0 Å². The minimum atomic E-state index is -0.0388. The number of carbonyl (C=O) groups excluding carboxylic acids is 1. The van der Waals surface area contributed by atoms with Gasteiger partial charge in [-0.2, -0.15) is 0 Å². The molecule has 9 heavy (non-hydrogen) atoms. The summed E-state index contributed by atoms with van der Waals surface area (Å²) in [4.78, 5) is 10.6. The molecule has 1 radical (unpaired) electrons. The molecule has 0 rings (SSSR count). The SMILES string of the molecule is CCCOC(=O)C[CH2][GeH2]. The van der Waals surface area contributed by atoms with Gasteiger partial charge in [0, 0.05) is 0 Å². The van der Waals surface area contributed by atoms with E-state index in [1.165, 1.54) is 16.5 Å². The molecule has 53 valence electrons. The number of hydrogen-bond donors (Lipinski definition) is 0. The summed E-state index contributed by atoms with van der Waals surface area (Å²) in [5.74, 6) is -0.0388. The Morgan fingerprint density at radius 1 is 1.67 bits per heavy atom. The summed E-state index contributed by atoms with van der Waals surface area (Å²) >= 11 is 1.18.